The zero-order valence-electron chi connectivity index (χ0n) is 14.9. The molecule has 2 fully saturated rings. The summed E-state index contributed by atoms with van der Waals surface area (Å²) in [6.07, 6.45) is 2.20. The van der Waals surface area contributed by atoms with E-state index in [0.717, 1.165) is 18.4 Å². The topological polar surface area (TPSA) is 76.2 Å². The van der Waals surface area contributed by atoms with E-state index in [1.807, 2.05) is 30.3 Å². The van der Waals surface area contributed by atoms with Gasteiger partial charge in [0.2, 0.25) is 5.91 Å². The second-order valence-electron chi connectivity index (χ2n) is 6.60. The third kappa shape index (κ3) is 3.81. The summed E-state index contributed by atoms with van der Waals surface area (Å²) in [5.41, 5.74) is 0.897. The molecule has 3 rings (SSSR count). The van der Waals surface area contributed by atoms with Gasteiger partial charge in [0, 0.05) is 13.1 Å². The zero-order chi connectivity index (χ0) is 18.5. The summed E-state index contributed by atoms with van der Waals surface area (Å²) in [4.78, 5) is 40.3. The number of likely N-dealkylation sites (tertiary alicyclic amines) is 2. The van der Waals surface area contributed by atoms with E-state index in [0.29, 0.717) is 25.9 Å². The molecule has 0 N–H and O–H groups in total. The molecule has 1 aromatic carbocycles. The molecule has 0 saturated carbocycles. The lowest BCUT2D eigenvalue weighted by molar-refractivity contribution is -0.152. The van der Waals surface area contributed by atoms with Crippen molar-refractivity contribution >= 4 is 18.0 Å². The molecule has 7 nitrogen and oxygen atoms in total. The molecule has 140 valence electrons. The molecule has 2 heterocycles. The van der Waals surface area contributed by atoms with Gasteiger partial charge in [0.1, 0.15) is 18.7 Å². The van der Waals surface area contributed by atoms with Crippen molar-refractivity contribution < 1.29 is 23.9 Å². The van der Waals surface area contributed by atoms with E-state index in [-0.39, 0.29) is 12.5 Å². The van der Waals surface area contributed by atoms with Crippen LogP contribution in [-0.4, -0.2) is 60.1 Å². The van der Waals surface area contributed by atoms with Crippen molar-refractivity contribution in [1.29, 1.82) is 0 Å². The van der Waals surface area contributed by atoms with Crippen LogP contribution in [-0.2, 0) is 25.7 Å². The lowest BCUT2D eigenvalue weighted by Crippen LogP contribution is -2.51. The van der Waals surface area contributed by atoms with E-state index in [4.69, 9.17) is 9.47 Å². The standard InChI is InChI=1S/C19H24N2O5/c1-25-18(23)16-10-6-11-20(16)17(22)15-9-5-12-21(15)19(24)26-13-14-7-3-2-4-8-14/h2-4,7-8,15-16H,5-6,9-13H2,1H3. The molecule has 2 amide bonds. The van der Waals surface area contributed by atoms with E-state index >= 15 is 0 Å². The highest BCUT2D eigenvalue weighted by molar-refractivity contribution is 5.90. The average molecular weight is 360 g/mol. The fourth-order valence-corrected chi connectivity index (χ4v) is 3.65. The number of hydrogen-bond acceptors (Lipinski definition) is 5. The zero-order valence-corrected chi connectivity index (χ0v) is 14.9. The number of carbonyl (C=O) groups excluding carboxylic acids is 3. The van der Waals surface area contributed by atoms with E-state index in [9.17, 15) is 14.4 Å². The van der Waals surface area contributed by atoms with Crippen molar-refractivity contribution in [3.63, 3.8) is 0 Å². The quantitative estimate of drug-likeness (QED) is 0.767. The molecular formula is C19H24N2O5. The van der Waals surface area contributed by atoms with Gasteiger partial charge in [0.05, 0.1) is 7.11 Å². The molecular weight excluding hydrogens is 336 g/mol. The minimum atomic E-state index is -0.566. The summed E-state index contributed by atoms with van der Waals surface area (Å²) in [6, 6.07) is 8.31. The summed E-state index contributed by atoms with van der Waals surface area (Å²) in [6.45, 7) is 1.17. The Hall–Kier alpha value is -2.57. The SMILES string of the molecule is COC(=O)C1CCCN1C(=O)C1CCCN1C(=O)OCc1ccccc1. The minimum absolute atomic E-state index is 0.172. The molecule has 2 saturated heterocycles. The normalized spacial score (nSPS) is 22.3. The number of carbonyl (C=O) groups is 3. The van der Waals surface area contributed by atoms with Crippen molar-refractivity contribution in [3.8, 4) is 0 Å². The molecule has 0 bridgehead atoms. The van der Waals surface area contributed by atoms with Crippen molar-refractivity contribution in [1.82, 2.24) is 9.80 Å². The smallest absolute Gasteiger partial charge is 0.410 e. The summed E-state index contributed by atoms with van der Waals surface area (Å²) in [5, 5.41) is 0. The first-order valence-corrected chi connectivity index (χ1v) is 8.97. The third-order valence-electron chi connectivity index (χ3n) is 4.99. The summed E-state index contributed by atoms with van der Waals surface area (Å²) in [7, 11) is 1.33. The van der Waals surface area contributed by atoms with Crippen molar-refractivity contribution in [2.24, 2.45) is 0 Å². The largest absolute Gasteiger partial charge is 0.467 e. The van der Waals surface area contributed by atoms with Crippen LogP contribution >= 0.6 is 0 Å². The number of esters is 1. The lowest BCUT2D eigenvalue weighted by Gasteiger charge is -2.30. The fourth-order valence-electron chi connectivity index (χ4n) is 3.65. The Bertz CT molecular complexity index is 663. The van der Waals surface area contributed by atoms with Gasteiger partial charge in [-0.2, -0.15) is 0 Å². The first-order chi connectivity index (χ1) is 12.6. The van der Waals surface area contributed by atoms with Gasteiger partial charge in [-0.05, 0) is 31.2 Å². The highest BCUT2D eigenvalue weighted by Crippen LogP contribution is 2.26. The van der Waals surface area contributed by atoms with Gasteiger partial charge in [0.15, 0.2) is 0 Å². The fraction of sp³-hybridized carbons (Fsp3) is 0.526. The Balaban J connectivity index is 1.62. The predicted molar refractivity (Wildman–Crippen MR) is 93.1 cm³/mol. The van der Waals surface area contributed by atoms with Gasteiger partial charge in [0.25, 0.3) is 0 Å². The molecule has 0 spiro atoms. The van der Waals surface area contributed by atoms with Crippen LogP contribution in [0.15, 0.2) is 30.3 Å². The first-order valence-electron chi connectivity index (χ1n) is 8.97. The number of nitrogens with zero attached hydrogens (tertiary/aromatic N) is 2. The molecule has 2 aliphatic heterocycles. The summed E-state index contributed by atoms with van der Waals surface area (Å²) >= 11 is 0. The van der Waals surface area contributed by atoms with E-state index in [1.54, 1.807) is 4.90 Å². The number of rotatable bonds is 4. The molecule has 2 aliphatic rings. The van der Waals surface area contributed by atoms with Crippen molar-refractivity contribution in [2.75, 3.05) is 20.2 Å². The maximum absolute atomic E-state index is 12.9. The molecule has 2 unspecified atom stereocenters. The summed E-state index contributed by atoms with van der Waals surface area (Å²) < 4.78 is 10.2. The third-order valence-corrected chi connectivity index (χ3v) is 4.99. The Kier molecular flexibility index (Phi) is 5.75. The van der Waals surface area contributed by atoms with Crippen LogP contribution in [0.3, 0.4) is 0 Å². The van der Waals surface area contributed by atoms with E-state index in [1.165, 1.54) is 12.0 Å². The average Bonchev–Trinajstić information content (AvgIpc) is 3.35. The minimum Gasteiger partial charge on any atom is -0.467 e. The maximum Gasteiger partial charge on any atom is 0.410 e. The second kappa shape index (κ2) is 8.21. The molecule has 0 aliphatic carbocycles. The van der Waals surface area contributed by atoms with Gasteiger partial charge in [-0.15, -0.1) is 0 Å². The molecule has 7 heteroatoms. The second-order valence-corrected chi connectivity index (χ2v) is 6.60. The van der Waals surface area contributed by atoms with Crippen LogP contribution in [0, 0.1) is 0 Å². The van der Waals surface area contributed by atoms with Gasteiger partial charge < -0.3 is 14.4 Å². The number of benzene rings is 1. The predicted octanol–water partition coefficient (Wildman–Crippen LogP) is 1.95. The van der Waals surface area contributed by atoms with Crippen LogP contribution in [0.2, 0.25) is 0 Å². The monoisotopic (exact) mass is 360 g/mol. The van der Waals surface area contributed by atoms with Gasteiger partial charge in [-0.25, -0.2) is 9.59 Å². The van der Waals surface area contributed by atoms with E-state index < -0.39 is 24.1 Å². The highest BCUT2D eigenvalue weighted by atomic mass is 16.6. The molecule has 0 aromatic heterocycles. The van der Waals surface area contributed by atoms with Crippen LogP contribution in [0.5, 0.6) is 0 Å². The van der Waals surface area contributed by atoms with Gasteiger partial charge in [-0.3, -0.25) is 9.69 Å². The maximum atomic E-state index is 12.9. The Labute approximate surface area is 152 Å². The Morgan fingerprint density at radius 3 is 2.35 bits per heavy atom. The Morgan fingerprint density at radius 1 is 1.00 bits per heavy atom. The van der Waals surface area contributed by atoms with E-state index in [2.05, 4.69) is 0 Å². The van der Waals surface area contributed by atoms with Crippen LogP contribution in [0.25, 0.3) is 0 Å². The van der Waals surface area contributed by atoms with Crippen molar-refractivity contribution in [2.45, 2.75) is 44.4 Å². The number of ether oxygens (including phenoxy) is 2. The van der Waals surface area contributed by atoms with Crippen LogP contribution < -0.4 is 0 Å². The molecule has 1 aromatic rings. The van der Waals surface area contributed by atoms with Gasteiger partial charge in [-0.1, -0.05) is 30.3 Å². The van der Waals surface area contributed by atoms with Crippen LogP contribution in [0.1, 0.15) is 31.2 Å². The lowest BCUT2D eigenvalue weighted by atomic mass is 10.1. The molecule has 2 atom stereocenters. The van der Waals surface area contributed by atoms with Crippen LogP contribution in [0.4, 0.5) is 4.79 Å². The number of methoxy groups -OCH3 is 1. The molecule has 26 heavy (non-hydrogen) atoms. The number of amides is 2. The summed E-state index contributed by atoms with van der Waals surface area (Å²) in [5.74, 6) is -0.584. The molecule has 0 radical (unpaired) electrons. The Morgan fingerprint density at radius 2 is 1.65 bits per heavy atom. The van der Waals surface area contributed by atoms with Crippen molar-refractivity contribution in [3.05, 3.63) is 35.9 Å². The first kappa shape index (κ1) is 18.2. The van der Waals surface area contributed by atoms with Gasteiger partial charge >= 0.3 is 12.1 Å². The number of hydrogen-bond donors (Lipinski definition) is 0. The highest BCUT2D eigenvalue weighted by Gasteiger charge is 2.42.